The average Bonchev–Trinajstić information content (AvgIpc) is 2.50. The van der Waals surface area contributed by atoms with Gasteiger partial charge in [-0.3, -0.25) is 4.79 Å². The summed E-state index contributed by atoms with van der Waals surface area (Å²) >= 11 is 0. The summed E-state index contributed by atoms with van der Waals surface area (Å²) in [4.78, 5) is 11.8. The van der Waals surface area contributed by atoms with Crippen molar-refractivity contribution in [1.29, 1.82) is 0 Å². The highest BCUT2D eigenvalue weighted by atomic mass is 35.5. The highest BCUT2D eigenvalue weighted by molar-refractivity contribution is 6.17. The number of anilines is 1. The van der Waals surface area contributed by atoms with E-state index in [4.69, 9.17) is 5.73 Å². The maximum absolute atomic E-state index is 11.8. The highest BCUT2D eigenvalue weighted by Gasteiger charge is 2.31. The Kier molecular flexibility index (Phi) is 3.91. The van der Waals surface area contributed by atoms with Gasteiger partial charge in [0.15, 0.2) is 0 Å². The third kappa shape index (κ3) is 2.33. The molecule has 92 valence electrons. The van der Waals surface area contributed by atoms with E-state index in [2.05, 4.69) is 5.10 Å². The van der Waals surface area contributed by atoms with E-state index in [1.54, 1.807) is 6.92 Å². The third-order valence-corrected chi connectivity index (χ3v) is 2.92. The lowest BCUT2D eigenvalue weighted by molar-refractivity contribution is -0.117. The van der Waals surface area contributed by atoms with E-state index in [1.165, 1.54) is 10.6 Å². The summed E-state index contributed by atoms with van der Waals surface area (Å²) in [6.07, 6.45) is 0. The minimum absolute atomic E-state index is 0. The molecular weight excluding hydrogens is 238 g/mol. The van der Waals surface area contributed by atoms with E-state index in [9.17, 15) is 4.79 Å². The third-order valence-electron chi connectivity index (χ3n) is 2.92. The first kappa shape index (κ1) is 13.7. The van der Waals surface area contributed by atoms with Crippen LogP contribution in [0.3, 0.4) is 0 Å². The molecule has 2 N–H and O–H groups in total. The normalized spacial score (nSPS) is 19.1. The molecule has 1 unspecified atom stereocenters. The monoisotopic (exact) mass is 253 g/mol. The number of amides is 1. The van der Waals surface area contributed by atoms with Gasteiger partial charge < -0.3 is 5.73 Å². The lowest BCUT2D eigenvalue weighted by Gasteiger charge is -2.14. The van der Waals surface area contributed by atoms with Gasteiger partial charge in [-0.25, -0.2) is 0 Å². The van der Waals surface area contributed by atoms with Crippen LogP contribution in [0, 0.1) is 13.8 Å². The van der Waals surface area contributed by atoms with Gasteiger partial charge in [0, 0.05) is 0 Å². The molecule has 2 rings (SSSR count). The smallest absolute Gasteiger partial charge is 0.270 e. The Morgan fingerprint density at radius 2 is 1.88 bits per heavy atom. The predicted molar refractivity (Wildman–Crippen MR) is 71.7 cm³/mol. The van der Waals surface area contributed by atoms with E-state index < -0.39 is 6.04 Å². The van der Waals surface area contributed by atoms with Crippen LogP contribution in [0.1, 0.15) is 18.1 Å². The second-order valence-electron chi connectivity index (χ2n) is 4.14. The lowest BCUT2D eigenvalue weighted by atomic mass is 10.1. The highest BCUT2D eigenvalue weighted by Crippen LogP contribution is 2.22. The number of hydrogen-bond donors (Lipinski definition) is 1. The van der Waals surface area contributed by atoms with Crippen LogP contribution in [-0.2, 0) is 4.79 Å². The van der Waals surface area contributed by atoms with Crippen LogP contribution in [0.25, 0.3) is 0 Å². The zero-order valence-electron chi connectivity index (χ0n) is 10.1. The molecule has 1 aromatic rings. The molecular formula is C12H16ClN3O. The molecule has 1 heterocycles. The molecule has 0 saturated carbocycles. The van der Waals surface area contributed by atoms with Gasteiger partial charge >= 0.3 is 0 Å². The van der Waals surface area contributed by atoms with Crippen molar-refractivity contribution in [3.63, 3.8) is 0 Å². The second-order valence-corrected chi connectivity index (χ2v) is 4.14. The Balaban J connectivity index is 0.00000144. The fourth-order valence-corrected chi connectivity index (χ4v) is 1.62. The quantitative estimate of drug-likeness (QED) is 0.829. The summed E-state index contributed by atoms with van der Waals surface area (Å²) in [6, 6.07) is 5.21. The first-order chi connectivity index (χ1) is 7.50. The fraction of sp³-hybridized carbons (Fsp3) is 0.333. The molecule has 17 heavy (non-hydrogen) atoms. The first-order valence-electron chi connectivity index (χ1n) is 5.22. The number of hydrazone groups is 1. The topological polar surface area (TPSA) is 58.7 Å². The maximum atomic E-state index is 11.8. The first-order valence-corrected chi connectivity index (χ1v) is 5.22. The van der Waals surface area contributed by atoms with Gasteiger partial charge in [0.25, 0.3) is 5.91 Å². The molecule has 0 aliphatic carbocycles. The SMILES string of the molecule is CC1=NN(c2ccc(C)c(C)c2)C(=O)C1N.Cl. The number of rotatable bonds is 1. The molecule has 4 nitrogen and oxygen atoms in total. The molecule has 5 heteroatoms. The van der Waals surface area contributed by atoms with Crippen LogP contribution >= 0.6 is 12.4 Å². The number of nitrogens with zero attached hydrogens (tertiary/aromatic N) is 2. The van der Waals surface area contributed by atoms with Gasteiger partial charge in [0.1, 0.15) is 6.04 Å². The van der Waals surface area contributed by atoms with E-state index >= 15 is 0 Å². The molecule has 0 spiro atoms. The summed E-state index contributed by atoms with van der Waals surface area (Å²) in [6.45, 7) is 5.81. The summed E-state index contributed by atoms with van der Waals surface area (Å²) in [7, 11) is 0. The van der Waals surface area contributed by atoms with Crippen LogP contribution < -0.4 is 10.7 Å². The summed E-state index contributed by atoms with van der Waals surface area (Å²) in [5.74, 6) is -0.166. The molecule has 0 bridgehead atoms. The van der Waals surface area contributed by atoms with E-state index in [1.807, 2.05) is 32.0 Å². The number of hydrogen-bond acceptors (Lipinski definition) is 3. The van der Waals surface area contributed by atoms with Crippen molar-refractivity contribution in [2.75, 3.05) is 5.01 Å². The minimum Gasteiger partial charge on any atom is -0.315 e. The zero-order chi connectivity index (χ0) is 11.9. The van der Waals surface area contributed by atoms with E-state index in [0.717, 1.165) is 11.3 Å². The van der Waals surface area contributed by atoms with Gasteiger partial charge in [-0.2, -0.15) is 10.1 Å². The van der Waals surface area contributed by atoms with Crippen molar-refractivity contribution >= 4 is 29.7 Å². The fourth-order valence-electron chi connectivity index (χ4n) is 1.62. The molecule has 0 fully saturated rings. The largest absolute Gasteiger partial charge is 0.315 e. The molecule has 1 amide bonds. The molecule has 1 aromatic carbocycles. The average molecular weight is 254 g/mol. The van der Waals surface area contributed by atoms with Crippen molar-refractivity contribution in [1.82, 2.24) is 0 Å². The molecule has 1 aliphatic rings. The molecule has 0 radical (unpaired) electrons. The maximum Gasteiger partial charge on any atom is 0.270 e. The number of carbonyl (C=O) groups is 1. The second kappa shape index (κ2) is 4.85. The van der Waals surface area contributed by atoms with E-state index in [0.29, 0.717) is 5.71 Å². The Bertz CT molecular complexity index is 485. The van der Waals surface area contributed by atoms with Gasteiger partial charge in [-0.1, -0.05) is 6.07 Å². The van der Waals surface area contributed by atoms with Gasteiger partial charge in [0.05, 0.1) is 11.4 Å². The predicted octanol–water partition coefficient (Wildman–Crippen LogP) is 1.78. The Morgan fingerprint density at radius 3 is 2.35 bits per heavy atom. The van der Waals surface area contributed by atoms with E-state index in [-0.39, 0.29) is 18.3 Å². The minimum atomic E-state index is -0.596. The summed E-state index contributed by atoms with van der Waals surface area (Å²) in [5, 5.41) is 5.55. The van der Waals surface area contributed by atoms with Crippen LogP contribution in [0.2, 0.25) is 0 Å². The summed E-state index contributed by atoms with van der Waals surface area (Å²) in [5.41, 5.74) is 9.46. The molecule has 1 atom stereocenters. The molecule has 1 aliphatic heterocycles. The van der Waals surface area contributed by atoms with Gasteiger partial charge in [-0.05, 0) is 44.0 Å². The Labute approximate surface area is 107 Å². The number of aryl methyl sites for hydroxylation is 2. The van der Waals surface area contributed by atoms with Crippen LogP contribution in [0.4, 0.5) is 5.69 Å². The van der Waals surface area contributed by atoms with Gasteiger partial charge in [-0.15, -0.1) is 12.4 Å². The number of halogens is 1. The Hall–Kier alpha value is -1.39. The van der Waals surface area contributed by atoms with Crippen molar-refractivity contribution in [3.8, 4) is 0 Å². The molecule has 0 aromatic heterocycles. The van der Waals surface area contributed by atoms with Crippen LogP contribution in [0.5, 0.6) is 0 Å². The van der Waals surface area contributed by atoms with Crippen molar-refractivity contribution in [2.45, 2.75) is 26.8 Å². The number of carbonyl (C=O) groups excluding carboxylic acids is 1. The number of benzene rings is 1. The van der Waals surface area contributed by atoms with Crippen LogP contribution in [-0.4, -0.2) is 17.7 Å². The van der Waals surface area contributed by atoms with Gasteiger partial charge in [0.2, 0.25) is 0 Å². The van der Waals surface area contributed by atoms with Crippen molar-refractivity contribution in [2.24, 2.45) is 10.8 Å². The summed E-state index contributed by atoms with van der Waals surface area (Å²) < 4.78 is 0. The van der Waals surface area contributed by atoms with Crippen LogP contribution in [0.15, 0.2) is 23.3 Å². The zero-order valence-corrected chi connectivity index (χ0v) is 10.9. The number of nitrogens with two attached hydrogens (primary N) is 1. The standard InChI is InChI=1S/C12H15N3O.ClH/c1-7-4-5-10(6-8(7)2)15-12(16)11(13)9(3)14-15;/h4-6,11H,13H2,1-3H3;1H. The molecule has 0 saturated heterocycles. The van der Waals surface area contributed by atoms with Crippen molar-refractivity contribution in [3.05, 3.63) is 29.3 Å². The lowest BCUT2D eigenvalue weighted by Crippen LogP contribution is -2.38. The Morgan fingerprint density at radius 1 is 1.24 bits per heavy atom. The van der Waals surface area contributed by atoms with Crippen molar-refractivity contribution < 1.29 is 4.79 Å².